The highest BCUT2D eigenvalue weighted by atomic mass is 35.5. The van der Waals surface area contributed by atoms with E-state index in [1.165, 1.54) is 0 Å². The predicted octanol–water partition coefficient (Wildman–Crippen LogP) is 5.33. The van der Waals surface area contributed by atoms with Crippen molar-refractivity contribution >= 4 is 46.3 Å². The number of carbonyl (C=O) groups is 1. The summed E-state index contributed by atoms with van der Waals surface area (Å²) in [6, 6.07) is 12.3. The van der Waals surface area contributed by atoms with Gasteiger partial charge < -0.3 is 5.32 Å². The van der Waals surface area contributed by atoms with Crippen LogP contribution in [0, 0.1) is 0 Å². The molecule has 5 heteroatoms. The second-order valence-electron chi connectivity index (χ2n) is 4.21. The zero-order chi connectivity index (χ0) is 14.5. The molecule has 0 bridgehead atoms. The van der Waals surface area contributed by atoms with Gasteiger partial charge in [-0.25, -0.2) is 0 Å². The molecule has 0 radical (unpaired) electrons. The van der Waals surface area contributed by atoms with Crippen LogP contribution in [0.3, 0.4) is 0 Å². The van der Waals surface area contributed by atoms with Crippen molar-refractivity contribution < 1.29 is 4.79 Å². The van der Waals surface area contributed by atoms with Gasteiger partial charge in [0, 0.05) is 18.5 Å². The highest BCUT2D eigenvalue weighted by Gasteiger charge is 2.08. The first-order valence-electron chi connectivity index (χ1n) is 6.04. The van der Waals surface area contributed by atoms with Gasteiger partial charge in [-0.1, -0.05) is 46.9 Å². The van der Waals surface area contributed by atoms with Gasteiger partial charge in [0.2, 0.25) is 0 Å². The average molecular weight is 329 g/mol. The zero-order valence-electron chi connectivity index (χ0n) is 10.5. The molecule has 0 atom stereocenters. The van der Waals surface area contributed by atoms with E-state index < -0.39 is 0 Å². The summed E-state index contributed by atoms with van der Waals surface area (Å²) < 4.78 is 0. The summed E-state index contributed by atoms with van der Waals surface area (Å²) in [6.45, 7) is 0.503. The molecule has 2 aromatic rings. The van der Waals surface area contributed by atoms with E-state index in [9.17, 15) is 4.79 Å². The largest absolute Gasteiger partial charge is 0.383 e. The van der Waals surface area contributed by atoms with Gasteiger partial charge in [-0.2, -0.15) is 0 Å². The van der Waals surface area contributed by atoms with Crippen LogP contribution >= 0.6 is 34.8 Å². The van der Waals surface area contributed by atoms with Gasteiger partial charge in [-0.05, 0) is 30.3 Å². The molecule has 104 valence electrons. The molecule has 0 aliphatic rings. The Kier molecular flexibility index (Phi) is 5.30. The van der Waals surface area contributed by atoms with Crippen molar-refractivity contribution in [3.63, 3.8) is 0 Å². The number of hydrogen-bond donors (Lipinski definition) is 1. The molecule has 0 unspecified atom stereocenters. The number of hydrogen-bond acceptors (Lipinski definition) is 2. The van der Waals surface area contributed by atoms with Crippen LogP contribution in [-0.2, 0) is 0 Å². The normalized spacial score (nSPS) is 10.3. The maximum absolute atomic E-state index is 12.0. The number of carbonyl (C=O) groups excluding carboxylic acids is 1. The van der Waals surface area contributed by atoms with Crippen LogP contribution in [0.4, 0.5) is 5.69 Å². The van der Waals surface area contributed by atoms with Crippen molar-refractivity contribution in [1.82, 2.24) is 0 Å². The first-order valence-corrected chi connectivity index (χ1v) is 7.18. The van der Waals surface area contributed by atoms with E-state index in [0.717, 1.165) is 5.69 Å². The van der Waals surface area contributed by atoms with E-state index in [-0.39, 0.29) is 5.78 Å². The fraction of sp³-hybridized carbons (Fsp3) is 0.133. The standard InChI is InChI=1S/C15H12Cl3NO/c16-11-6-5-10(9-13(11)18)15(20)7-8-19-14-4-2-1-3-12(14)17/h1-6,9,19H,7-8H2. The topological polar surface area (TPSA) is 29.1 Å². The number of Topliss-reactive ketones (excluding diaryl/α,β-unsaturated/α-hetero) is 1. The number of anilines is 1. The predicted molar refractivity (Wildman–Crippen MR) is 85.4 cm³/mol. The minimum atomic E-state index is 0.00289. The molecule has 2 rings (SSSR count). The molecule has 0 spiro atoms. The lowest BCUT2D eigenvalue weighted by atomic mass is 10.1. The quantitative estimate of drug-likeness (QED) is 0.751. The summed E-state index contributed by atoms with van der Waals surface area (Å²) in [7, 11) is 0. The van der Waals surface area contributed by atoms with Crippen LogP contribution in [0.1, 0.15) is 16.8 Å². The Bertz CT molecular complexity index is 628. The van der Waals surface area contributed by atoms with Crippen molar-refractivity contribution in [2.75, 3.05) is 11.9 Å². The molecule has 1 N–H and O–H groups in total. The summed E-state index contributed by atoms with van der Waals surface area (Å²) in [5.74, 6) is 0.00289. The SMILES string of the molecule is O=C(CCNc1ccccc1Cl)c1ccc(Cl)c(Cl)c1. The molecule has 2 nitrogen and oxygen atoms in total. The number of ketones is 1. The monoisotopic (exact) mass is 327 g/mol. The lowest BCUT2D eigenvalue weighted by Gasteiger charge is -2.08. The number of benzene rings is 2. The van der Waals surface area contributed by atoms with E-state index in [2.05, 4.69) is 5.32 Å². The molecule has 0 saturated heterocycles. The lowest BCUT2D eigenvalue weighted by molar-refractivity contribution is 0.0986. The zero-order valence-corrected chi connectivity index (χ0v) is 12.8. The summed E-state index contributed by atoms with van der Waals surface area (Å²) in [6.07, 6.45) is 0.350. The Morgan fingerprint density at radius 3 is 2.40 bits per heavy atom. The van der Waals surface area contributed by atoms with Crippen molar-refractivity contribution in [1.29, 1.82) is 0 Å². The van der Waals surface area contributed by atoms with Crippen LogP contribution in [0.5, 0.6) is 0 Å². The fourth-order valence-corrected chi connectivity index (χ4v) is 2.23. The highest BCUT2D eigenvalue weighted by Crippen LogP contribution is 2.23. The lowest BCUT2D eigenvalue weighted by Crippen LogP contribution is -2.09. The Morgan fingerprint density at radius 1 is 0.950 bits per heavy atom. The number of rotatable bonds is 5. The maximum Gasteiger partial charge on any atom is 0.164 e. The van der Waals surface area contributed by atoms with Crippen molar-refractivity contribution in [2.24, 2.45) is 0 Å². The molecule has 0 amide bonds. The average Bonchev–Trinajstić information content (AvgIpc) is 2.44. The minimum Gasteiger partial charge on any atom is -0.383 e. The van der Waals surface area contributed by atoms with Gasteiger partial charge in [-0.15, -0.1) is 0 Å². The van der Waals surface area contributed by atoms with E-state index in [0.29, 0.717) is 33.6 Å². The summed E-state index contributed by atoms with van der Waals surface area (Å²) in [5, 5.41) is 4.59. The van der Waals surface area contributed by atoms with E-state index in [4.69, 9.17) is 34.8 Å². The number of nitrogens with one attached hydrogen (secondary N) is 1. The Balaban J connectivity index is 1.92. The minimum absolute atomic E-state index is 0.00289. The Morgan fingerprint density at radius 2 is 1.70 bits per heavy atom. The maximum atomic E-state index is 12.0. The molecule has 20 heavy (non-hydrogen) atoms. The molecule has 0 aliphatic carbocycles. The van der Waals surface area contributed by atoms with Crippen LogP contribution in [-0.4, -0.2) is 12.3 Å². The molecule has 0 fully saturated rings. The van der Waals surface area contributed by atoms with E-state index in [1.807, 2.05) is 18.2 Å². The Hall–Kier alpha value is -1.22. The van der Waals surface area contributed by atoms with Gasteiger partial charge in [0.05, 0.1) is 20.8 Å². The Labute approximate surface area is 132 Å². The third-order valence-electron chi connectivity index (χ3n) is 2.78. The molecule has 0 saturated carbocycles. The first kappa shape index (κ1) is 15.2. The van der Waals surface area contributed by atoms with Gasteiger partial charge >= 0.3 is 0 Å². The second kappa shape index (κ2) is 6.98. The van der Waals surface area contributed by atoms with Gasteiger partial charge in [0.1, 0.15) is 0 Å². The van der Waals surface area contributed by atoms with Crippen LogP contribution < -0.4 is 5.32 Å². The van der Waals surface area contributed by atoms with Gasteiger partial charge in [-0.3, -0.25) is 4.79 Å². The van der Waals surface area contributed by atoms with Gasteiger partial charge in [0.15, 0.2) is 5.78 Å². The molecule has 2 aromatic carbocycles. The third-order valence-corrected chi connectivity index (χ3v) is 3.85. The summed E-state index contributed by atoms with van der Waals surface area (Å²) >= 11 is 17.7. The van der Waals surface area contributed by atoms with E-state index >= 15 is 0 Å². The number of halogens is 3. The molecule has 0 heterocycles. The number of para-hydroxylation sites is 1. The smallest absolute Gasteiger partial charge is 0.164 e. The van der Waals surface area contributed by atoms with Crippen molar-refractivity contribution in [3.05, 3.63) is 63.1 Å². The van der Waals surface area contributed by atoms with Crippen LogP contribution in [0.15, 0.2) is 42.5 Å². The summed E-state index contributed by atoms with van der Waals surface area (Å²) in [4.78, 5) is 12.0. The van der Waals surface area contributed by atoms with E-state index in [1.54, 1.807) is 24.3 Å². The fourth-order valence-electron chi connectivity index (χ4n) is 1.73. The first-order chi connectivity index (χ1) is 9.58. The molecule has 0 aliphatic heterocycles. The summed E-state index contributed by atoms with van der Waals surface area (Å²) in [5.41, 5.74) is 1.37. The van der Waals surface area contributed by atoms with Crippen molar-refractivity contribution in [3.8, 4) is 0 Å². The third kappa shape index (κ3) is 3.89. The molecular weight excluding hydrogens is 317 g/mol. The molecular formula is C15H12Cl3NO. The van der Waals surface area contributed by atoms with Crippen LogP contribution in [0.2, 0.25) is 15.1 Å². The second-order valence-corrected chi connectivity index (χ2v) is 5.43. The molecule has 0 aromatic heterocycles. The highest BCUT2D eigenvalue weighted by molar-refractivity contribution is 6.42. The van der Waals surface area contributed by atoms with Crippen molar-refractivity contribution in [2.45, 2.75) is 6.42 Å². The van der Waals surface area contributed by atoms with Crippen LogP contribution in [0.25, 0.3) is 0 Å². The van der Waals surface area contributed by atoms with Gasteiger partial charge in [0.25, 0.3) is 0 Å².